The summed E-state index contributed by atoms with van der Waals surface area (Å²) in [4.78, 5) is 0.110. The van der Waals surface area contributed by atoms with Gasteiger partial charge in [0.2, 0.25) is 0 Å². The predicted molar refractivity (Wildman–Crippen MR) is 118 cm³/mol. The van der Waals surface area contributed by atoms with Crippen LogP contribution in [0.5, 0.6) is 0 Å². The summed E-state index contributed by atoms with van der Waals surface area (Å²) in [6, 6.07) is 17.8. The van der Waals surface area contributed by atoms with Gasteiger partial charge in [0.15, 0.2) is 5.65 Å². The van der Waals surface area contributed by atoms with Gasteiger partial charge in [-0.05, 0) is 48.9 Å². The van der Waals surface area contributed by atoms with Gasteiger partial charge in [0.1, 0.15) is 10.7 Å². The van der Waals surface area contributed by atoms with Gasteiger partial charge in [0.05, 0.1) is 12.2 Å². The van der Waals surface area contributed by atoms with E-state index in [1.165, 1.54) is 4.31 Å². The molecule has 8 heteroatoms. The average molecular weight is 441 g/mol. The van der Waals surface area contributed by atoms with E-state index in [4.69, 9.17) is 11.6 Å². The van der Waals surface area contributed by atoms with Gasteiger partial charge in [-0.3, -0.25) is 8.71 Å². The quantitative estimate of drug-likeness (QED) is 0.437. The van der Waals surface area contributed by atoms with E-state index < -0.39 is 10.0 Å². The number of aromatic nitrogens is 3. The normalized spacial score (nSPS) is 11.7. The van der Waals surface area contributed by atoms with E-state index in [-0.39, 0.29) is 11.4 Å². The van der Waals surface area contributed by atoms with Crippen molar-refractivity contribution in [3.05, 3.63) is 88.8 Å². The van der Waals surface area contributed by atoms with Crippen molar-refractivity contribution in [2.45, 2.75) is 31.7 Å². The summed E-state index contributed by atoms with van der Waals surface area (Å²) in [6.45, 7) is 4.13. The second kappa shape index (κ2) is 8.08. The molecule has 0 radical (unpaired) electrons. The Balaban J connectivity index is 1.86. The number of aryl methyl sites for hydroxylation is 2. The molecule has 0 amide bonds. The maximum atomic E-state index is 13.8. The van der Waals surface area contributed by atoms with Crippen LogP contribution in [-0.4, -0.2) is 23.0 Å². The maximum Gasteiger partial charge on any atom is 0.268 e. The molecule has 30 heavy (non-hydrogen) atoms. The smallest absolute Gasteiger partial charge is 0.268 e. The summed E-state index contributed by atoms with van der Waals surface area (Å²) in [5.74, 6) is 0.707. The molecule has 0 fully saturated rings. The highest BCUT2D eigenvalue weighted by atomic mass is 35.5. The van der Waals surface area contributed by atoms with Crippen LogP contribution < -0.4 is 4.31 Å². The number of fused-ring (bicyclic) bond motifs is 1. The molecule has 0 N–H and O–H groups in total. The topological polar surface area (TPSA) is 67.6 Å². The first-order valence-electron chi connectivity index (χ1n) is 9.56. The van der Waals surface area contributed by atoms with Crippen LogP contribution >= 0.6 is 11.6 Å². The third kappa shape index (κ3) is 3.78. The van der Waals surface area contributed by atoms with Gasteiger partial charge in [-0.15, -0.1) is 10.2 Å². The molecule has 0 saturated heterocycles. The lowest BCUT2D eigenvalue weighted by Crippen LogP contribution is -2.31. The Morgan fingerprint density at radius 1 is 1.00 bits per heavy atom. The Hall–Kier alpha value is -2.90. The van der Waals surface area contributed by atoms with Gasteiger partial charge >= 0.3 is 0 Å². The number of hydrogen-bond acceptors (Lipinski definition) is 4. The molecule has 0 aliphatic heterocycles. The number of hydrogen-bond donors (Lipinski definition) is 0. The number of benzene rings is 2. The van der Waals surface area contributed by atoms with Crippen LogP contribution in [-0.2, 0) is 23.0 Å². The number of pyridine rings is 1. The number of nitrogens with zero attached hydrogens (tertiary/aromatic N) is 4. The standard InChI is InChI=1S/C22H21ClN4O2S/c1-3-21-24-25-22-20(5-4-14-26(21)22)30(28,29)27(19-12-10-18(23)11-13-19)15-17-8-6-16(2)7-9-17/h4-14H,3,15H2,1-2H3. The lowest BCUT2D eigenvalue weighted by molar-refractivity contribution is 0.590. The summed E-state index contributed by atoms with van der Waals surface area (Å²) in [5.41, 5.74) is 2.83. The molecule has 0 saturated carbocycles. The minimum absolute atomic E-state index is 0.110. The molecule has 0 aliphatic rings. The third-order valence-corrected chi connectivity index (χ3v) is 6.96. The van der Waals surface area contributed by atoms with Crippen molar-refractivity contribution < 1.29 is 8.42 Å². The van der Waals surface area contributed by atoms with E-state index in [1.807, 2.05) is 38.1 Å². The number of halogens is 1. The summed E-state index contributed by atoms with van der Waals surface area (Å²) in [5, 5.41) is 8.83. The molecular weight excluding hydrogens is 420 g/mol. The van der Waals surface area contributed by atoms with Crippen molar-refractivity contribution in [1.82, 2.24) is 14.6 Å². The third-order valence-electron chi connectivity index (χ3n) is 4.92. The van der Waals surface area contributed by atoms with Crippen molar-refractivity contribution in [3.8, 4) is 0 Å². The largest absolute Gasteiger partial charge is 0.285 e. The van der Waals surface area contributed by atoms with Gasteiger partial charge in [0.25, 0.3) is 10.0 Å². The molecule has 6 nitrogen and oxygen atoms in total. The fraction of sp³-hybridized carbons (Fsp3) is 0.182. The highest BCUT2D eigenvalue weighted by Crippen LogP contribution is 2.29. The second-order valence-electron chi connectivity index (χ2n) is 7.01. The average Bonchev–Trinajstić information content (AvgIpc) is 3.17. The van der Waals surface area contributed by atoms with Gasteiger partial charge in [-0.2, -0.15) is 0 Å². The van der Waals surface area contributed by atoms with E-state index in [2.05, 4.69) is 10.2 Å². The molecule has 2 aromatic carbocycles. The Kier molecular flexibility index (Phi) is 5.49. The van der Waals surface area contributed by atoms with Crippen LogP contribution in [0.1, 0.15) is 23.9 Å². The Bertz CT molecular complexity index is 1280. The van der Waals surface area contributed by atoms with Crippen molar-refractivity contribution in [3.63, 3.8) is 0 Å². The predicted octanol–water partition coefficient (Wildman–Crippen LogP) is 4.65. The second-order valence-corrected chi connectivity index (χ2v) is 9.28. The van der Waals surface area contributed by atoms with E-state index in [0.717, 1.165) is 11.1 Å². The highest BCUT2D eigenvalue weighted by Gasteiger charge is 2.29. The molecule has 0 bridgehead atoms. The first-order chi connectivity index (χ1) is 14.4. The molecule has 2 heterocycles. The Morgan fingerprint density at radius 2 is 1.70 bits per heavy atom. The first kappa shape index (κ1) is 20.4. The number of sulfonamides is 1. The van der Waals surface area contributed by atoms with Gasteiger partial charge in [-0.25, -0.2) is 8.42 Å². The Morgan fingerprint density at radius 3 is 2.37 bits per heavy atom. The molecule has 154 valence electrons. The fourth-order valence-electron chi connectivity index (χ4n) is 3.28. The monoisotopic (exact) mass is 440 g/mol. The summed E-state index contributed by atoms with van der Waals surface area (Å²) >= 11 is 6.03. The summed E-state index contributed by atoms with van der Waals surface area (Å²) < 4.78 is 30.7. The van der Waals surface area contributed by atoms with Crippen molar-refractivity contribution in [2.24, 2.45) is 0 Å². The Labute approximate surface area is 180 Å². The van der Waals surface area contributed by atoms with Crippen LogP contribution in [0.4, 0.5) is 5.69 Å². The van der Waals surface area contributed by atoms with Crippen LogP contribution in [0.15, 0.2) is 71.8 Å². The minimum Gasteiger partial charge on any atom is -0.285 e. The molecule has 2 aromatic heterocycles. The van der Waals surface area contributed by atoms with Crippen molar-refractivity contribution in [1.29, 1.82) is 0 Å². The lowest BCUT2D eigenvalue weighted by Gasteiger charge is -2.25. The number of rotatable bonds is 6. The lowest BCUT2D eigenvalue weighted by atomic mass is 10.1. The SMILES string of the molecule is CCc1nnc2c(S(=O)(=O)N(Cc3ccc(C)cc3)c3ccc(Cl)cc3)cccn12. The molecule has 0 atom stereocenters. The molecule has 4 rings (SSSR count). The van der Waals surface area contributed by atoms with E-state index in [0.29, 0.717) is 28.6 Å². The van der Waals surface area contributed by atoms with Crippen molar-refractivity contribution in [2.75, 3.05) is 4.31 Å². The van der Waals surface area contributed by atoms with E-state index in [9.17, 15) is 8.42 Å². The maximum absolute atomic E-state index is 13.8. The van der Waals surface area contributed by atoms with Crippen molar-refractivity contribution >= 4 is 33.0 Å². The molecule has 0 spiro atoms. The van der Waals surface area contributed by atoms with Gasteiger partial charge < -0.3 is 0 Å². The van der Waals surface area contributed by atoms with Crippen LogP contribution in [0, 0.1) is 6.92 Å². The molecule has 0 unspecified atom stereocenters. The first-order valence-corrected chi connectivity index (χ1v) is 11.4. The van der Waals surface area contributed by atoms with Crippen LogP contribution in [0.3, 0.4) is 0 Å². The van der Waals surface area contributed by atoms with Crippen LogP contribution in [0.25, 0.3) is 5.65 Å². The van der Waals surface area contributed by atoms with E-state index in [1.54, 1.807) is 47.0 Å². The minimum atomic E-state index is -3.93. The van der Waals surface area contributed by atoms with Gasteiger partial charge in [-0.1, -0.05) is 48.4 Å². The zero-order valence-corrected chi connectivity index (χ0v) is 18.2. The van der Waals surface area contributed by atoms with E-state index >= 15 is 0 Å². The van der Waals surface area contributed by atoms with Crippen LogP contribution in [0.2, 0.25) is 5.02 Å². The highest BCUT2D eigenvalue weighted by molar-refractivity contribution is 7.93. The summed E-state index contributed by atoms with van der Waals surface area (Å²) in [7, 11) is -3.93. The molecule has 0 aliphatic carbocycles. The zero-order chi connectivity index (χ0) is 21.3. The summed E-state index contributed by atoms with van der Waals surface area (Å²) in [6.07, 6.45) is 2.43. The molecular formula is C22H21ClN4O2S. The fourth-order valence-corrected chi connectivity index (χ4v) is 4.98. The number of anilines is 1. The van der Waals surface area contributed by atoms with Gasteiger partial charge in [0, 0.05) is 17.6 Å². The molecule has 4 aromatic rings. The zero-order valence-electron chi connectivity index (χ0n) is 16.7.